The molecule has 3 rings (SSSR count). The molecule has 0 unspecified atom stereocenters. The Bertz CT molecular complexity index is 935. The Balaban J connectivity index is 1.58. The molecule has 2 atom stereocenters. The van der Waals surface area contributed by atoms with Gasteiger partial charge in [-0.1, -0.05) is 44.2 Å². The fraction of sp³-hybridized carbons (Fsp3) is 0.435. The maximum atomic E-state index is 13.0. The Morgan fingerprint density at radius 1 is 1.03 bits per heavy atom. The number of rotatable bonds is 7. The van der Waals surface area contributed by atoms with E-state index < -0.39 is 10.0 Å². The first-order valence-corrected chi connectivity index (χ1v) is 11.8. The van der Waals surface area contributed by atoms with Crippen molar-refractivity contribution in [3.05, 3.63) is 60.2 Å². The van der Waals surface area contributed by atoms with Crippen LogP contribution in [0.25, 0.3) is 0 Å². The van der Waals surface area contributed by atoms with E-state index in [1.54, 1.807) is 28.6 Å². The quantitative estimate of drug-likeness (QED) is 0.732. The maximum absolute atomic E-state index is 13.0. The second-order valence-corrected chi connectivity index (χ2v) is 10.4. The lowest BCUT2D eigenvalue weighted by Crippen LogP contribution is -2.42. The normalized spacial score (nSPS) is 20.3. The number of hydrogen-bond donors (Lipinski definition) is 1. The summed E-state index contributed by atoms with van der Waals surface area (Å²) < 4.78 is 27.5. The molecule has 1 amide bonds. The first-order chi connectivity index (χ1) is 14.2. The summed E-state index contributed by atoms with van der Waals surface area (Å²) >= 11 is 0. The molecule has 1 aliphatic rings. The summed E-state index contributed by atoms with van der Waals surface area (Å²) in [6.07, 6.45) is 1.05. The molecule has 1 N–H and O–H groups in total. The van der Waals surface area contributed by atoms with Crippen LogP contribution < -0.4 is 5.32 Å². The number of amides is 1. The summed E-state index contributed by atoms with van der Waals surface area (Å²) in [4.78, 5) is 14.5. The van der Waals surface area contributed by atoms with Crippen molar-refractivity contribution >= 4 is 21.6 Å². The number of sulfonamides is 1. The van der Waals surface area contributed by atoms with Crippen LogP contribution in [-0.4, -0.2) is 50.2 Å². The Morgan fingerprint density at radius 2 is 1.63 bits per heavy atom. The summed E-state index contributed by atoms with van der Waals surface area (Å²) in [5, 5.41) is 2.84. The highest BCUT2D eigenvalue weighted by Crippen LogP contribution is 2.27. The van der Waals surface area contributed by atoms with Crippen LogP contribution in [0.15, 0.2) is 59.5 Å². The lowest BCUT2D eigenvalue weighted by Gasteiger charge is -2.34. The number of piperidine rings is 1. The summed E-state index contributed by atoms with van der Waals surface area (Å²) in [6, 6.07) is 16.4. The zero-order valence-corrected chi connectivity index (χ0v) is 18.7. The van der Waals surface area contributed by atoms with E-state index in [9.17, 15) is 13.2 Å². The molecule has 0 bridgehead atoms. The molecular weight excluding hydrogens is 398 g/mol. The van der Waals surface area contributed by atoms with Crippen LogP contribution in [0.5, 0.6) is 0 Å². The van der Waals surface area contributed by atoms with E-state index in [4.69, 9.17) is 0 Å². The predicted octanol–water partition coefficient (Wildman–Crippen LogP) is 3.42. The van der Waals surface area contributed by atoms with E-state index >= 15 is 0 Å². The van der Waals surface area contributed by atoms with Crippen molar-refractivity contribution in [1.29, 1.82) is 0 Å². The Kier molecular flexibility index (Phi) is 7.28. The number of nitrogens with one attached hydrogen (secondary N) is 1. The molecule has 7 heteroatoms. The Hall–Kier alpha value is -2.22. The summed E-state index contributed by atoms with van der Waals surface area (Å²) in [7, 11) is -1.62. The molecule has 162 valence electrons. The van der Waals surface area contributed by atoms with Gasteiger partial charge in [-0.15, -0.1) is 0 Å². The molecular formula is C23H31N3O3S. The fourth-order valence-corrected chi connectivity index (χ4v) is 5.74. The van der Waals surface area contributed by atoms with Crippen LogP contribution in [0, 0.1) is 11.8 Å². The molecule has 1 fully saturated rings. The molecule has 0 aromatic heterocycles. The third-order valence-electron chi connectivity index (χ3n) is 5.32. The van der Waals surface area contributed by atoms with E-state index in [1.807, 2.05) is 42.3 Å². The monoisotopic (exact) mass is 429 g/mol. The third kappa shape index (κ3) is 5.90. The van der Waals surface area contributed by atoms with E-state index in [0.717, 1.165) is 12.0 Å². The standard InChI is InChI=1S/C23H31N3O3S/c1-18-13-19(2)15-26(14-18)30(28,29)22-11-9-21(10-12-22)24-23(27)17-25(3)16-20-7-5-4-6-8-20/h4-12,18-19H,13-17H2,1-3H3,(H,24,27)/t18-,19-/m0/s1. The van der Waals surface area contributed by atoms with Crippen LogP contribution in [0.1, 0.15) is 25.8 Å². The van der Waals surface area contributed by atoms with Gasteiger partial charge in [0.05, 0.1) is 11.4 Å². The van der Waals surface area contributed by atoms with Crippen LogP contribution in [0.2, 0.25) is 0 Å². The minimum atomic E-state index is -3.51. The largest absolute Gasteiger partial charge is 0.325 e. The second-order valence-electron chi connectivity index (χ2n) is 8.50. The number of carbonyl (C=O) groups is 1. The van der Waals surface area contributed by atoms with Crippen molar-refractivity contribution in [2.75, 3.05) is 32.0 Å². The fourth-order valence-electron chi connectivity index (χ4n) is 4.06. The summed E-state index contributed by atoms with van der Waals surface area (Å²) in [5.41, 5.74) is 1.73. The second kappa shape index (κ2) is 9.73. The Morgan fingerprint density at radius 3 is 2.23 bits per heavy atom. The number of benzene rings is 2. The summed E-state index contributed by atoms with van der Waals surface area (Å²) in [6.45, 7) is 6.21. The lowest BCUT2D eigenvalue weighted by atomic mass is 9.94. The molecule has 0 saturated carbocycles. The van der Waals surface area contributed by atoms with Crippen molar-refractivity contribution in [2.24, 2.45) is 11.8 Å². The van der Waals surface area contributed by atoms with Crippen LogP contribution in [-0.2, 0) is 21.4 Å². The number of carbonyl (C=O) groups excluding carboxylic acids is 1. The number of likely N-dealkylation sites (N-methyl/N-ethyl adjacent to an activating group) is 1. The maximum Gasteiger partial charge on any atom is 0.243 e. The highest BCUT2D eigenvalue weighted by Gasteiger charge is 2.31. The lowest BCUT2D eigenvalue weighted by molar-refractivity contribution is -0.117. The molecule has 30 heavy (non-hydrogen) atoms. The van der Waals surface area contributed by atoms with Crippen LogP contribution in [0.4, 0.5) is 5.69 Å². The Labute approximate surface area is 179 Å². The molecule has 1 saturated heterocycles. The zero-order valence-electron chi connectivity index (χ0n) is 17.9. The molecule has 1 aliphatic heterocycles. The van der Waals surface area contributed by atoms with Gasteiger partial charge >= 0.3 is 0 Å². The number of hydrogen-bond acceptors (Lipinski definition) is 4. The molecule has 0 aliphatic carbocycles. The van der Waals surface area contributed by atoms with Gasteiger partial charge in [-0.25, -0.2) is 8.42 Å². The van der Waals surface area contributed by atoms with Gasteiger partial charge in [0.2, 0.25) is 15.9 Å². The van der Waals surface area contributed by atoms with Crippen molar-refractivity contribution in [3.63, 3.8) is 0 Å². The highest BCUT2D eigenvalue weighted by molar-refractivity contribution is 7.89. The molecule has 0 spiro atoms. The summed E-state index contributed by atoms with van der Waals surface area (Å²) in [5.74, 6) is 0.577. The topological polar surface area (TPSA) is 69.7 Å². The van der Waals surface area contributed by atoms with Gasteiger partial charge in [-0.3, -0.25) is 9.69 Å². The average molecular weight is 430 g/mol. The minimum absolute atomic E-state index is 0.136. The average Bonchev–Trinajstić information content (AvgIpc) is 2.68. The first kappa shape index (κ1) is 22.5. The van der Waals surface area contributed by atoms with Gasteiger partial charge in [0, 0.05) is 25.3 Å². The van der Waals surface area contributed by atoms with Gasteiger partial charge in [0.1, 0.15) is 0 Å². The number of nitrogens with zero attached hydrogens (tertiary/aromatic N) is 2. The third-order valence-corrected chi connectivity index (χ3v) is 7.17. The van der Waals surface area contributed by atoms with E-state index in [2.05, 4.69) is 19.2 Å². The molecule has 6 nitrogen and oxygen atoms in total. The smallest absolute Gasteiger partial charge is 0.243 e. The van der Waals surface area contributed by atoms with Gasteiger partial charge in [0.25, 0.3) is 0 Å². The molecule has 0 radical (unpaired) electrons. The van der Waals surface area contributed by atoms with Gasteiger partial charge in [0.15, 0.2) is 0 Å². The van der Waals surface area contributed by atoms with E-state index in [1.165, 1.54) is 0 Å². The van der Waals surface area contributed by atoms with Gasteiger partial charge < -0.3 is 5.32 Å². The minimum Gasteiger partial charge on any atom is -0.325 e. The van der Waals surface area contributed by atoms with E-state index in [-0.39, 0.29) is 17.3 Å². The molecule has 1 heterocycles. The zero-order chi connectivity index (χ0) is 21.7. The van der Waals surface area contributed by atoms with Gasteiger partial charge in [-0.05, 0) is 55.1 Å². The van der Waals surface area contributed by atoms with Crippen molar-refractivity contribution in [1.82, 2.24) is 9.21 Å². The van der Waals surface area contributed by atoms with Crippen molar-refractivity contribution in [3.8, 4) is 0 Å². The SMILES string of the molecule is C[C@H]1C[C@H](C)CN(S(=O)(=O)c2ccc(NC(=O)CN(C)Cc3ccccc3)cc2)C1. The van der Waals surface area contributed by atoms with Crippen LogP contribution >= 0.6 is 0 Å². The number of anilines is 1. The first-order valence-electron chi connectivity index (χ1n) is 10.4. The van der Waals surface area contributed by atoms with Crippen molar-refractivity contribution < 1.29 is 13.2 Å². The molecule has 2 aromatic carbocycles. The van der Waals surface area contributed by atoms with Crippen molar-refractivity contribution in [2.45, 2.75) is 31.7 Å². The highest BCUT2D eigenvalue weighted by atomic mass is 32.2. The van der Waals surface area contributed by atoms with E-state index in [0.29, 0.717) is 37.2 Å². The van der Waals surface area contributed by atoms with Crippen LogP contribution in [0.3, 0.4) is 0 Å². The molecule has 2 aromatic rings. The predicted molar refractivity (Wildman–Crippen MR) is 120 cm³/mol. The van der Waals surface area contributed by atoms with Gasteiger partial charge in [-0.2, -0.15) is 4.31 Å².